The highest BCUT2D eigenvalue weighted by Crippen LogP contribution is 2.39. The van der Waals surface area contributed by atoms with Gasteiger partial charge < -0.3 is 10.4 Å². The van der Waals surface area contributed by atoms with Gasteiger partial charge in [0.25, 0.3) is 0 Å². The number of nitrogens with zero attached hydrogens (tertiary/aromatic N) is 1. The van der Waals surface area contributed by atoms with Crippen LogP contribution in [0.25, 0.3) is 0 Å². The van der Waals surface area contributed by atoms with Crippen molar-refractivity contribution in [2.75, 3.05) is 17.4 Å². The number of phenolic OH excluding ortho intramolecular Hbond substituents is 1. The fraction of sp³-hybridized carbons (Fsp3) is 0.588. The lowest BCUT2D eigenvalue weighted by Gasteiger charge is -2.28. The summed E-state index contributed by atoms with van der Waals surface area (Å²) in [6.45, 7) is 5.00. The molecule has 0 radical (unpaired) electrons. The molecule has 1 heterocycles. The van der Waals surface area contributed by atoms with Gasteiger partial charge >= 0.3 is 10.2 Å². The third-order valence-corrected chi connectivity index (χ3v) is 6.61. The minimum absolute atomic E-state index is 0.0785. The van der Waals surface area contributed by atoms with Gasteiger partial charge in [0, 0.05) is 6.04 Å². The van der Waals surface area contributed by atoms with Crippen molar-refractivity contribution in [3.8, 4) is 5.75 Å². The molecule has 1 aromatic carbocycles. The number of rotatable bonds is 5. The molecule has 1 atom stereocenters. The number of aromatic hydroxyl groups is 1. The molecule has 0 spiro atoms. The first-order valence-electron chi connectivity index (χ1n) is 8.79. The van der Waals surface area contributed by atoms with Crippen molar-refractivity contribution in [3.63, 3.8) is 0 Å². The molecular weight excluding hydrogens is 377 g/mol. The normalized spacial score (nSPS) is 21.8. The number of fused-ring (bicyclic) bond motifs is 1. The molecule has 1 aromatic rings. The van der Waals surface area contributed by atoms with Crippen LogP contribution in [0.3, 0.4) is 0 Å². The van der Waals surface area contributed by atoms with E-state index in [-0.39, 0.29) is 29.0 Å². The lowest BCUT2D eigenvalue weighted by molar-refractivity contribution is 0.419. The van der Waals surface area contributed by atoms with Crippen molar-refractivity contribution in [2.45, 2.75) is 45.6 Å². The summed E-state index contributed by atoms with van der Waals surface area (Å²) in [5, 5.41) is 13.7. The summed E-state index contributed by atoms with van der Waals surface area (Å²) in [5.74, 6) is -0.455. The Kier molecular flexibility index (Phi) is 5.41. The largest absolute Gasteiger partial charge is 0.506 e. The highest BCUT2D eigenvalue weighted by atomic mass is 32.2. The summed E-state index contributed by atoms with van der Waals surface area (Å²) in [4.78, 5) is 0.0785. The van der Waals surface area contributed by atoms with Crippen molar-refractivity contribution < 1.29 is 17.9 Å². The van der Waals surface area contributed by atoms with Crippen LogP contribution in [-0.4, -0.2) is 37.6 Å². The third-order valence-electron chi connectivity index (χ3n) is 4.85. The number of phenols is 1. The van der Waals surface area contributed by atoms with Gasteiger partial charge in [-0.15, -0.1) is 0 Å². The van der Waals surface area contributed by atoms with Crippen molar-refractivity contribution in [1.29, 1.82) is 0 Å². The van der Waals surface area contributed by atoms with Crippen LogP contribution in [0.4, 0.5) is 10.1 Å². The molecule has 1 saturated heterocycles. The van der Waals surface area contributed by atoms with E-state index in [1.54, 1.807) is 0 Å². The Morgan fingerprint density at radius 3 is 2.85 bits per heavy atom. The maximum absolute atomic E-state index is 15.2. The van der Waals surface area contributed by atoms with Gasteiger partial charge in [0.15, 0.2) is 5.82 Å². The van der Waals surface area contributed by atoms with Gasteiger partial charge in [-0.2, -0.15) is 8.42 Å². The van der Waals surface area contributed by atoms with Crippen LogP contribution in [0.1, 0.15) is 37.8 Å². The molecule has 2 aliphatic rings. The maximum Gasteiger partial charge on any atom is 0.325 e. The first-order chi connectivity index (χ1) is 12.2. The summed E-state index contributed by atoms with van der Waals surface area (Å²) in [6, 6.07) is 1.62. The second-order valence-electron chi connectivity index (χ2n) is 7.31. The fourth-order valence-electron chi connectivity index (χ4n) is 3.47. The van der Waals surface area contributed by atoms with Crippen molar-refractivity contribution in [2.24, 2.45) is 5.92 Å². The Hall–Kier alpha value is -1.45. The standard InChI is InChI=1S/C17H24FN3O3S2/c1-10(2)5-6-19-12-4-3-11-7-14(22)17(16(18)13(11)8-12)21-9-15(25)20-26(21,23)24/h7,10,12,19,22H,3-6,8-9H2,1-2H3,(H,20,25)/t12-/m1/s1. The molecule has 26 heavy (non-hydrogen) atoms. The summed E-state index contributed by atoms with van der Waals surface area (Å²) in [6.07, 6.45) is 3.01. The van der Waals surface area contributed by atoms with Crippen LogP contribution in [0.15, 0.2) is 6.07 Å². The van der Waals surface area contributed by atoms with E-state index < -0.39 is 16.0 Å². The molecule has 0 saturated carbocycles. The van der Waals surface area contributed by atoms with Gasteiger partial charge in [-0.05, 0) is 55.3 Å². The van der Waals surface area contributed by atoms with Crippen LogP contribution in [0, 0.1) is 11.7 Å². The molecule has 3 N–H and O–H groups in total. The second-order valence-corrected chi connectivity index (χ2v) is 9.40. The molecule has 144 valence electrons. The summed E-state index contributed by atoms with van der Waals surface area (Å²) >= 11 is 4.89. The molecule has 0 unspecified atom stereocenters. The van der Waals surface area contributed by atoms with Gasteiger partial charge in [-0.3, -0.25) is 4.72 Å². The maximum atomic E-state index is 15.2. The Balaban J connectivity index is 1.88. The Morgan fingerprint density at radius 2 is 2.23 bits per heavy atom. The molecule has 1 fully saturated rings. The van der Waals surface area contributed by atoms with Crippen LogP contribution < -0.4 is 14.3 Å². The number of hydrogen-bond donors (Lipinski definition) is 3. The van der Waals surface area contributed by atoms with E-state index in [2.05, 4.69) is 23.9 Å². The van der Waals surface area contributed by atoms with Crippen molar-refractivity contribution in [1.82, 2.24) is 10.0 Å². The fourth-order valence-corrected chi connectivity index (χ4v) is 5.17. The number of anilines is 1. The average Bonchev–Trinajstić information content (AvgIpc) is 2.80. The summed E-state index contributed by atoms with van der Waals surface area (Å²) in [5.41, 5.74) is 0.885. The van der Waals surface area contributed by atoms with Crippen LogP contribution in [0.2, 0.25) is 0 Å². The molecule has 0 amide bonds. The van der Waals surface area contributed by atoms with E-state index in [1.807, 2.05) is 0 Å². The Bertz CT molecular complexity index is 827. The second kappa shape index (κ2) is 7.28. The van der Waals surface area contributed by atoms with Crippen molar-refractivity contribution in [3.05, 3.63) is 23.0 Å². The van der Waals surface area contributed by atoms with Crippen LogP contribution >= 0.6 is 12.2 Å². The zero-order chi connectivity index (χ0) is 19.1. The highest BCUT2D eigenvalue weighted by Gasteiger charge is 2.37. The topological polar surface area (TPSA) is 81.7 Å². The Labute approximate surface area is 159 Å². The lowest BCUT2D eigenvalue weighted by atomic mass is 9.87. The van der Waals surface area contributed by atoms with E-state index in [9.17, 15) is 13.5 Å². The molecule has 1 aliphatic heterocycles. The molecule has 0 bridgehead atoms. The number of aryl methyl sites for hydroxylation is 1. The highest BCUT2D eigenvalue weighted by molar-refractivity contribution is 7.94. The first kappa shape index (κ1) is 19.3. The lowest BCUT2D eigenvalue weighted by Crippen LogP contribution is -2.36. The monoisotopic (exact) mass is 401 g/mol. The Morgan fingerprint density at radius 1 is 1.50 bits per heavy atom. The molecule has 3 rings (SSSR count). The zero-order valence-corrected chi connectivity index (χ0v) is 16.5. The summed E-state index contributed by atoms with van der Waals surface area (Å²) in [7, 11) is -3.97. The van der Waals surface area contributed by atoms with Gasteiger partial charge in [-0.25, -0.2) is 8.70 Å². The number of nitrogens with one attached hydrogen (secondary N) is 2. The van der Waals surface area contributed by atoms with Gasteiger partial charge in [0.05, 0.1) is 6.54 Å². The van der Waals surface area contributed by atoms with E-state index >= 15 is 4.39 Å². The zero-order valence-electron chi connectivity index (χ0n) is 14.9. The summed E-state index contributed by atoms with van der Waals surface area (Å²) < 4.78 is 42.5. The van der Waals surface area contributed by atoms with Crippen LogP contribution in [0.5, 0.6) is 5.75 Å². The quantitative estimate of drug-likeness (QED) is 0.658. The number of hydrogen-bond acceptors (Lipinski definition) is 5. The molecule has 1 aliphatic carbocycles. The van der Waals surface area contributed by atoms with Gasteiger partial charge in [0.2, 0.25) is 0 Å². The van der Waals surface area contributed by atoms with E-state index in [4.69, 9.17) is 12.2 Å². The first-order valence-corrected chi connectivity index (χ1v) is 10.6. The SMILES string of the molecule is CC(C)CCN[C@@H]1CCc2cc(O)c(N3CC(=S)NS3(=O)=O)c(F)c2C1. The van der Waals surface area contributed by atoms with Crippen molar-refractivity contribution >= 4 is 33.1 Å². The number of thiocarbonyl (C=S) groups is 1. The molecule has 0 aromatic heterocycles. The smallest absolute Gasteiger partial charge is 0.325 e. The predicted molar refractivity (Wildman–Crippen MR) is 103 cm³/mol. The van der Waals surface area contributed by atoms with Gasteiger partial charge in [0.1, 0.15) is 16.4 Å². The molecule has 6 nitrogen and oxygen atoms in total. The van der Waals surface area contributed by atoms with E-state index in [1.165, 1.54) is 6.07 Å². The van der Waals surface area contributed by atoms with Crippen LogP contribution in [-0.2, 0) is 23.1 Å². The van der Waals surface area contributed by atoms with E-state index in [0.717, 1.165) is 29.3 Å². The number of halogens is 1. The third kappa shape index (κ3) is 3.79. The number of benzene rings is 1. The minimum Gasteiger partial charge on any atom is -0.506 e. The van der Waals surface area contributed by atoms with E-state index in [0.29, 0.717) is 24.3 Å². The average molecular weight is 402 g/mol. The van der Waals surface area contributed by atoms with Gasteiger partial charge in [-0.1, -0.05) is 26.1 Å². The molecule has 9 heteroatoms. The minimum atomic E-state index is -3.97. The predicted octanol–water partition coefficient (Wildman–Crippen LogP) is 2.01. The molecular formula is C17H24FN3O3S2.